The first kappa shape index (κ1) is 15.8. The molecule has 3 aliphatic rings. The van der Waals surface area contributed by atoms with Crippen molar-refractivity contribution in [3.63, 3.8) is 0 Å². The molecule has 0 unspecified atom stereocenters. The molecule has 0 atom stereocenters. The molecule has 1 aliphatic carbocycles. The number of carbonyl (C=O) groups is 1. The fraction of sp³-hybridized carbons (Fsp3) is 0.722. The standard InChI is InChI=1S/C18H26N4O2/c23-18(22-8-10-24-11-9-22)15-4-6-21(7-5-15)17-12-16(19-13-20-17)14-2-1-3-14/h12-15H,1-11H2. The fourth-order valence-corrected chi connectivity index (χ4v) is 3.86. The zero-order chi connectivity index (χ0) is 16.4. The minimum Gasteiger partial charge on any atom is -0.378 e. The minimum atomic E-state index is 0.160. The Hall–Kier alpha value is -1.69. The van der Waals surface area contributed by atoms with E-state index >= 15 is 0 Å². The summed E-state index contributed by atoms with van der Waals surface area (Å²) >= 11 is 0. The van der Waals surface area contributed by atoms with Crippen molar-refractivity contribution < 1.29 is 9.53 Å². The van der Waals surface area contributed by atoms with Gasteiger partial charge in [0.05, 0.1) is 13.2 Å². The summed E-state index contributed by atoms with van der Waals surface area (Å²) in [6.45, 7) is 4.65. The van der Waals surface area contributed by atoms with Crippen LogP contribution in [0.3, 0.4) is 0 Å². The Labute approximate surface area is 143 Å². The van der Waals surface area contributed by atoms with Gasteiger partial charge in [0.15, 0.2) is 0 Å². The molecule has 1 aromatic rings. The molecule has 0 bridgehead atoms. The first-order valence-corrected chi connectivity index (χ1v) is 9.24. The lowest BCUT2D eigenvalue weighted by Gasteiger charge is -2.36. The number of anilines is 1. The number of ether oxygens (including phenoxy) is 1. The average molecular weight is 330 g/mol. The number of amides is 1. The van der Waals surface area contributed by atoms with E-state index in [4.69, 9.17) is 4.74 Å². The van der Waals surface area contributed by atoms with Crippen LogP contribution in [0.25, 0.3) is 0 Å². The zero-order valence-corrected chi connectivity index (χ0v) is 14.2. The molecule has 0 spiro atoms. The SMILES string of the molecule is O=C(C1CCN(c2cc(C3CCC3)ncn2)CC1)N1CCOCC1. The third-order valence-electron chi connectivity index (χ3n) is 5.69. The van der Waals surface area contributed by atoms with Crippen molar-refractivity contribution in [2.75, 3.05) is 44.3 Å². The molecular formula is C18H26N4O2. The lowest BCUT2D eigenvalue weighted by Crippen LogP contribution is -2.47. The molecule has 2 aliphatic heterocycles. The van der Waals surface area contributed by atoms with Crippen molar-refractivity contribution in [1.82, 2.24) is 14.9 Å². The van der Waals surface area contributed by atoms with Crippen LogP contribution in [0.1, 0.15) is 43.7 Å². The smallest absolute Gasteiger partial charge is 0.225 e. The Kier molecular flexibility index (Phi) is 4.65. The lowest BCUT2D eigenvalue weighted by atomic mass is 9.83. The van der Waals surface area contributed by atoms with Gasteiger partial charge in [0, 0.05) is 49.8 Å². The van der Waals surface area contributed by atoms with Gasteiger partial charge in [0.25, 0.3) is 0 Å². The summed E-state index contributed by atoms with van der Waals surface area (Å²) in [6.07, 6.45) is 7.37. The van der Waals surface area contributed by atoms with E-state index in [2.05, 4.69) is 20.9 Å². The number of nitrogens with zero attached hydrogens (tertiary/aromatic N) is 4. The summed E-state index contributed by atoms with van der Waals surface area (Å²) in [7, 11) is 0. The van der Waals surface area contributed by atoms with Crippen LogP contribution in [0.4, 0.5) is 5.82 Å². The second-order valence-corrected chi connectivity index (χ2v) is 7.13. The van der Waals surface area contributed by atoms with E-state index in [9.17, 15) is 4.79 Å². The number of aromatic nitrogens is 2. The molecule has 6 heteroatoms. The van der Waals surface area contributed by atoms with Crippen molar-refractivity contribution in [2.45, 2.75) is 38.0 Å². The molecule has 3 heterocycles. The third kappa shape index (κ3) is 3.24. The molecule has 0 radical (unpaired) electrons. The highest BCUT2D eigenvalue weighted by Crippen LogP contribution is 2.36. The Bertz CT molecular complexity index is 576. The van der Waals surface area contributed by atoms with Gasteiger partial charge in [-0.25, -0.2) is 9.97 Å². The predicted octanol–water partition coefficient (Wildman–Crippen LogP) is 1.82. The zero-order valence-electron chi connectivity index (χ0n) is 14.2. The predicted molar refractivity (Wildman–Crippen MR) is 91.0 cm³/mol. The van der Waals surface area contributed by atoms with Crippen molar-refractivity contribution in [3.8, 4) is 0 Å². The van der Waals surface area contributed by atoms with Crippen LogP contribution in [0, 0.1) is 5.92 Å². The molecule has 130 valence electrons. The van der Waals surface area contributed by atoms with Crippen molar-refractivity contribution in [1.29, 1.82) is 0 Å². The van der Waals surface area contributed by atoms with Gasteiger partial charge < -0.3 is 14.5 Å². The van der Waals surface area contributed by atoms with Gasteiger partial charge in [-0.3, -0.25) is 4.79 Å². The number of hydrogen-bond acceptors (Lipinski definition) is 5. The van der Waals surface area contributed by atoms with E-state index in [0.29, 0.717) is 25.0 Å². The average Bonchev–Trinajstić information content (AvgIpc) is 2.61. The van der Waals surface area contributed by atoms with Crippen molar-refractivity contribution in [3.05, 3.63) is 18.1 Å². The van der Waals surface area contributed by atoms with Crippen LogP contribution < -0.4 is 4.90 Å². The molecule has 1 amide bonds. The largest absolute Gasteiger partial charge is 0.378 e. The minimum absolute atomic E-state index is 0.160. The highest BCUT2D eigenvalue weighted by atomic mass is 16.5. The first-order valence-electron chi connectivity index (χ1n) is 9.24. The summed E-state index contributed by atoms with van der Waals surface area (Å²) in [5.41, 5.74) is 1.19. The molecule has 3 fully saturated rings. The highest BCUT2D eigenvalue weighted by molar-refractivity contribution is 5.79. The maximum absolute atomic E-state index is 12.6. The Morgan fingerprint density at radius 1 is 1.04 bits per heavy atom. The van der Waals surface area contributed by atoms with E-state index in [-0.39, 0.29) is 5.92 Å². The number of carbonyl (C=O) groups excluding carboxylic acids is 1. The summed E-state index contributed by atoms with van der Waals surface area (Å²) in [6, 6.07) is 2.16. The van der Waals surface area contributed by atoms with Gasteiger partial charge >= 0.3 is 0 Å². The van der Waals surface area contributed by atoms with Gasteiger partial charge in [-0.2, -0.15) is 0 Å². The Morgan fingerprint density at radius 2 is 1.79 bits per heavy atom. The van der Waals surface area contributed by atoms with E-state index in [1.54, 1.807) is 6.33 Å². The topological polar surface area (TPSA) is 58.6 Å². The molecule has 1 saturated carbocycles. The Balaban J connectivity index is 1.34. The van der Waals surface area contributed by atoms with Crippen molar-refractivity contribution in [2.24, 2.45) is 5.92 Å². The number of hydrogen-bond donors (Lipinski definition) is 0. The van der Waals surface area contributed by atoms with E-state index in [1.807, 2.05) is 4.90 Å². The number of piperidine rings is 1. The lowest BCUT2D eigenvalue weighted by molar-refractivity contribution is -0.140. The van der Waals surface area contributed by atoms with Gasteiger partial charge in [-0.15, -0.1) is 0 Å². The fourth-order valence-electron chi connectivity index (χ4n) is 3.86. The first-order chi connectivity index (χ1) is 11.8. The summed E-state index contributed by atoms with van der Waals surface area (Å²) < 4.78 is 5.34. The molecule has 2 saturated heterocycles. The van der Waals surface area contributed by atoms with Crippen LogP contribution in [0.5, 0.6) is 0 Å². The maximum atomic E-state index is 12.6. The second kappa shape index (κ2) is 7.05. The van der Waals surface area contributed by atoms with Crippen LogP contribution in [-0.2, 0) is 9.53 Å². The molecule has 6 nitrogen and oxygen atoms in total. The van der Waals surface area contributed by atoms with Crippen LogP contribution in [0.15, 0.2) is 12.4 Å². The monoisotopic (exact) mass is 330 g/mol. The van der Waals surface area contributed by atoms with E-state index in [0.717, 1.165) is 44.8 Å². The molecular weight excluding hydrogens is 304 g/mol. The van der Waals surface area contributed by atoms with Crippen molar-refractivity contribution >= 4 is 11.7 Å². The second-order valence-electron chi connectivity index (χ2n) is 7.13. The highest BCUT2D eigenvalue weighted by Gasteiger charge is 2.30. The van der Waals surface area contributed by atoms with E-state index < -0.39 is 0 Å². The Morgan fingerprint density at radius 3 is 2.46 bits per heavy atom. The van der Waals surface area contributed by atoms with Gasteiger partial charge in [-0.05, 0) is 25.7 Å². The number of morpholine rings is 1. The normalized spacial score (nSPS) is 23.2. The van der Waals surface area contributed by atoms with Gasteiger partial charge in [-0.1, -0.05) is 6.42 Å². The van der Waals surface area contributed by atoms with Gasteiger partial charge in [0.1, 0.15) is 12.1 Å². The molecule has 24 heavy (non-hydrogen) atoms. The maximum Gasteiger partial charge on any atom is 0.225 e. The summed E-state index contributed by atoms with van der Waals surface area (Å²) in [5.74, 6) is 2.14. The van der Waals surface area contributed by atoms with E-state index in [1.165, 1.54) is 25.0 Å². The van der Waals surface area contributed by atoms with Crippen LogP contribution >= 0.6 is 0 Å². The summed E-state index contributed by atoms with van der Waals surface area (Å²) in [4.78, 5) is 25.8. The quantitative estimate of drug-likeness (QED) is 0.846. The van der Waals surface area contributed by atoms with Crippen LogP contribution in [0.2, 0.25) is 0 Å². The van der Waals surface area contributed by atoms with Crippen LogP contribution in [-0.4, -0.2) is 60.2 Å². The van der Waals surface area contributed by atoms with Gasteiger partial charge in [0.2, 0.25) is 5.91 Å². The molecule has 0 aromatic carbocycles. The third-order valence-corrected chi connectivity index (χ3v) is 5.69. The summed E-state index contributed by atoms with van der Waals surface area (Å²) in [5, 5.41) is 0. The number of rotatable bonds is 3. The molecule has 4 rings (SSSR count). The molecule has 0 N–H and O–H groups in total. The molecule has 1 aromatic heterocycles.